The van der Waals surface area contributed by atoms with Gasteiger partial charge in [0.2, 0.25) is 0 Å². The lowest BCUT2D eigenvalue weighted by molar-refractivity contribution is 0.102. The highest BCUT2D eigenvalue weighted by atomic mass is 16.1. The molecule has 0 unspecified atom stereocenters. The molecule has 1 amide bonds. The molecule has 25 heavy (non-hydrogen) atoms. The van der Waals surface area contributed by atoms with Gasteiger partial charge in [0.25, 0.3) is 5.91 Å². The monoisotopic (exact) mass is 338 g/mol. The summed E-state index contributed by atoms with van der Waals surface area (Å²) in [5.41, 5.74) is 3.51. The van der Waals surface area contributed by atoms with E-state index >= 15 is 0 Å². The van der Waals surface area contributed by atoms with Crippen LogP contribution in [0.15, 0.2) is 30.6 Å². The molecule has 132 valence electrons. The highest BCUT2D eigenvalue weighted by Crippen LogP contribution is 2.22. The van der Waals surface area contributed by atoms with Gasteiger partial charge in [-0.15, -0.1) is 0 Å². The summed E-state index contributed by atoms with van der Waals surface area (Å²) >= 11 is 0. The molecule has 1 saturated heterocycles. The fourth-order valence-corrected chi connectivity index (χ4v) is 3.32. The van der Waals surface area contributed by atoms with Crippen LogP contribution in [-0.4, -0.2) is 29.0 Å². The van der Waals surface area contributed by atoms with Gasteiger partial charge < -0.3 is 10.2 Å². The minimum atomic E-state index is -0.178. The number of hydrogen-bond donors (Lipinski definition) is 1. The Kier molecular flexibility index (Phi) is 5.64. The number of rotatable bonds is 4. The molecular weight excluding hydrogens is 312 g/mol. The summed E-state index contributed by atoms with van der Waals surface area (Å²) in [4.78, 5) is 23.5. The quantitative estimate of drug-likeness (QED) is 0.916. The molecule has 2 aromatic rings. The first kappa shape index (κ1) is 17.4. The first-order chi connectivity index (χ1) is 12.2. The molecular formula is C20H26N4O. The van der Waals surface area contributed by atoms with Gasteiger partial charge >= 0.3 is 0 Å². The van der Waals surface area contributed by atoms with Crippen LogP contribution in [-0.2, 0) is 6.42 Å². The number of para-hydroxylation sites is 1. The first-order valence-electron chi connectivity index (χ1n) is 9.16. The van der Waals surface area contributed by atoms with Crippen LogP contribution < -0.4 is 10.2 Å². The van der Waals surface area contributed by atoms with Gasteiger partial charge in [0, 0.05) is 24.8 Å². The third kappa shape index (κ3) is 4.16. The minimum absolute atomic E-state index is 0.178. The molecule has 1 aliphatic heterocycles. The van der Waals surface area contributed by atoms with Crippen molar-refractivity contribution in [3.8, 4) is 0 Å². The lowest BCUT2D eigenvalue weighted by atomic mass is 10.1. The molecule has 0 aliphatic carbocycles. The zero-order chi connectivity index (χ0) is 17.6. The Morgan fingerprint density at radius 3 is 2.64 bits per heavy atom. The number of carbonyl (C=O) groups excluding carboxylic acids is 1. The van der Waals surface area contributed by atoms with Gasteiger partial charge in [0.05, 0.1) is 0 Å². The molecule has 5 heteroatoms. The van der Waals surface area contributed by atoms with E-state index in [4.69, 9.17) is 0 Å². The number of nitrogens with one attached hydrogen (secondary N) is 1. The average molecular weight is 338 g/mol. The van der Waals surface area contributed by atoms with Crippen molar-refractivity contribution in [3.63, 3.8) is 0 Å². The molecule has 0 radical (unpaired) electrons. The van der Waals surface area contributed by atoms with Crippen LogP contribution in [0, 0.1) is 6.92 Å². The van der Waals surface area contributed by atoms with Crippen molar-refractivity contribution in [1.29, 1.82) is 0 Å². The summed E-state index contributed by atoms with van der Waals surface area (Å²) in [6.07, 6.45) is 7.25. The van der Waals surface area contributed by atoms with Gasteiger partial charge in [-0.3, -0.25) is 4.79 Å². The summed E-state index contributed by atoms with van der Waals surface area (Å²) in [6, 6.07) is 7.89. The van der Waals surface area contributed by atoms with Crippen LogP contribution in [0.5, 0.6) is 0 Å². The van der Waals surface area contributed by atoms with E-state index < -0.39 is 0 Å². The molecule has 1 fully saturated rings. The number of nitrogens with zero attached hydrogens (tertiary/aromatic N) is 3. The second-order valence-corrected chi connectivity index (χ2v) is 6.58. The van der Waals surface area contributed by atoms with Crippen molar-refractivity contribution in [1.82, 2.24) is 9.97 Å². The molecule has 3 rings (SSSR count). The standard InChI is InChI=1S/C20H26N4O/c1-3-16-10-8-9-15(2)19(16)23-20(25)17-13-18(22-14-21-17)24-11-6-4-5-7-12-24/h8-10,13-14H,3-7,11-12H2,1-2H3,(H,23,25). The Morgan fingerprint density at radius 2 is 1.92 bits per heavy atom. The molecule has 5 nitrogen and oxygen atoms in total. The molecule has 0 atom stereocenters. The van der Waals surface area contributed by atoms with Crippen molar-refractivity contribution < 1.29 is 4.79 Å². The zero-order valence-electron chi connectivity index (χ0n) is 15.1. The van der Waals surface area contributed by atoms with E-state index in [1.54, 1.807) is 0 Å². The van der Waals surface area contributed by atoms with Crippen LogP contribution >= 0.6 is 0 Å². The number of aryl methyl sites for hydroxylation is 2. The summed E-state index contributed by atoms with van der Waals surface area (Å²) in [7, 11) is 0. The molecule has 2 heterocycles. The van der Waals surface area contributed by atoms with E-state index in [1.807, 2.05) is 31.2 Å². The van der Waals surface area contributed by atoms with Crippen molar-refractivity contribution >= 4 is 17.4 Å². The van der Waals surface area contributed by atoms with Crippen LogP contribution in [0.2, 0.25) is 0 Å². The van der Waals surface area contributed by atoms with E-state index in [0.29, 0.717) is 5.69 Å². The molecule has 1 aromatic heterocycles. The van der Waals surface area contributed by atoms with Crippen molar-refractivity contribution in [2.45, 2.75) is 46.0 Å². The van der Waals surface area contributed by atoms with Gasteiger partial charge in [-0.25, -0.2) is 9.97 Å². The Bertz CT molecular complexity index is 736. The Hall–Kier alpha value is -2.43. The topological polar surface area (TPSA) is 58.1 Å². The largest absolute Gasteiger partial charge is 0.357 e. The fourth-order valence-electron chi connectivity index (χ4n) is 3.32. The van der Waals surface area contributed by atoms with Crippen LogP contribution in [0.25, 0.3) is 0 Å². The number of anilines is 2. The first-order valence-corrected chi connectivity index (χ1v) is 9.16. The summed E-state index contributed by atoms with van der Waals surface area (Å²) in [6.45, 7) is 6.09. The van der Waals surface area contributed by atoms with Crippen molar-refractivity contribution in [2.24, 2.45) is 0 Å². The Labute approximate surface area is 149 Å². The van der Waals surface area contributed by atoms with Gasteiger partial charge in [0.1, 0.15) is 17.8 Å². The van der Waals surface area contributed by atoms with Gasteiger partial charge in [0.15, 0.2) is 0 Å². The number of aromatic nitrogens is 2. The third-order valence-corrected chi connectivity index (χ3v) is 4.79. The number of amides is 1. The predicted molar refractivity (Wildman–Crippen MR) is 101 cm³/mol. The molecule has 0 bridgehead atoms. The lowest BCUT2D eigenvalue weighted by Gasteiger charge is -2.21. The summed E-state index contributed by atoms with van der Waals surface area (Å²) < 4.78 is 0. The normalized spacial score (nSPS) is 14.9. The third-order valence-electron chi connectivity index (χ3n) is 4.79. The maximum Gasteiger partial charge on any atom is 0.274 e. The van der Waals surface area contributed by atoms with E-state index in [0.717, 1.165) is 42.1 Å². The fraction of sp³-hybridized carbons (Fsp3) is 0.450. The van der Waals surface area contributed by atoms with Crippen LogP contribution in [0.4, 0.5) is 11.5 Å². The Balaban J connectivity index is 1.80. The molecule has 0 spiro atoms. The molecule has 1 aromatic carbocycles. The van der Waals surface area contributed by atoms with Crippen molar-refractivity contribution in [2.75, 3.05) is 23.3 Å². The van der Waals surface area contributed by atoms with Crippen LogP contribution in [0.1, 0.15) is 54.2 Å². The average Bonchev–Trinajstić information content (AvgIpc) is 2.93. The number of hydrogen-bond acceptors (Lipinski definition) is 4. The molecule has 1 N–H and O–H groups in total. The highest BCUT2D eigenvalue weighted by molar-refractivity contribution is 6.04. The SMILES string of the molecule is CCc1cccc(C)c1NC(=O)c1cc(N2CCCCCC2)ncn1. The van der Waals surface area contributed by atoms with Gasteiger partial charge in [-0.2, -0.15) is 0 Å². The summed E-state index contributed by atoms with van der Waals surface area (Å²) in [5, 5.41) is 3.04. The van der Waals surface area contributed by atoms with Gasteiger partial charge in [-0.1, -0.05) is 38.0 Å². The Morgan fingerprint density at radius 1 is 1.16 bits per heavy atom. The highest BCUT2D eigenvalue weighted by Gasteiger charge is 2.16. The second kappa shape index (κ2) is 8.10. The van der Waals surface area contributed by atoms with E-state index in [2.05, 4.69) is 27.1 Å². The number of benzene rings is 1. The predicted octanol–water partition coefficient (Wildman–Crippen LogP) is 3.98. The lowest BCUT2D eigenvalue weighted by Crippen LogP contribution is -2.26. The summed E-state index contributed by atoms with van der Waals surface area (Å²) in [5.74, 6) is 0.671. The van der Waals surface area contributed by atoms with E-state index in [1.165, 1.54) is 32.0 Å². The van der Waals surface area contributed by atoms with Crippen LogP contribution in [0.3, 0.4) is 0 Å². The smallest absolute Gasteiger partial charge is 0.274 e. The maximum absolute atomic E-state index is 12.7. The van der Waals surface area contributed by atoms with E-state index in [9.17, 15) is 4.79 Å². The second-order valence-electron chi connectivity index (χ2n) is 6.58. The number of carbonyl (C=O) groups is 1. The molecule has 0 saturated carbocycles. The minimum Gasteiger partial charge on any atom is -0.357 e. The van der Waals surface area contributed by atoms with E-state index in [-0.39, 0.29) is 5.91 Å². The molecule has 1 aliphatic rings. The zero-order valence-corrected chi connectivity index (χ0v) is 15.1. The maximum atomic E-state index is 12.7. The van der Waals surface area contributed by atoms with Gasteiger partial charge in [-0.05, 0) is 37.3 Å². The van der Waals surface area contributed by atoms with Crippen molar-refractivity contribution in [3.05, 3.63) is 47.4 Å².